The van der Waals surface area contributed by atoms with Gasteiger partial charge in [0.05, 0.1) is 11.2 Å². The molecular weight excluding hydrogens is 446 g/mol. The Morgan fingerprint density at radius 1 is 0.917 bits per heavy atom. The van der Waals surface area contributed by atoms with Crippen molar-refractivity contribution in [2.75, 3.05) is 0 Å². The Morgan fingerprint density at radius 3 is 2.42 bits per heavy atom. The van der Waals surface area contributed by atoms with Crippen LogP contribution in [-0.2, 0) is 5.54 Å². The summed E-state index contributed by atoms with van der Waals surface area (Å²) < 4.78 is 1.97. The number of aromatic amines is 1. The Hall–Kier alpha value is -4.36. The standard InChI is InChI=1S/C29H25N7/c1-18-16-25(33-32-18)28-35-34-27-23-17-22(19-6-3-2-4-7-19)26(31-24(23)12-15-36(27)28)20-8-10-21(11-9-20)29(30)13-5-14-29/h2-4,6-12,15-17H,5,13-14,30H2,1H3,(H,32,33). The highest BCUT2D eigenvalue weighted by Gasteiger charge is 2.34. The van der Waals surface area contributed by atoms with Gasteiger partial charge in [0.25, 0.3) is 0 Å². The maximum absolute atomic E-state index is 6.57. The lowest BCUT2D eigenvalue weighted by atomic mass is 9.72. The number of rotatable bonds is 4. The maximum atomic E-state index is 6.57. The van der Waals surface area contributed by atoms with Gasteiger partial charge in [0.1, 0.15) is 5.69 Å². The zero-order chi connectivity index (χ0) is 24.3. The second kappa shape index (κ2) is 7.83. The van der Waals surface area contributed by atoms with Crippen LogP contribution in [0.5, 0.6) is 0 Å². The summed E-state index contributed by atoms with van der Waals surface area (Å²) in [6.07, 6.45) is 5.25. The van der Waals surface area contributed by atoms with Gasteiger partial charge in [-0.25, -0.2) is 4.98 Å². The van der Waals surface area contributed by atoms with Crippen molar-refractivity contribution < 1.29 is 0 Å². The predicted octanol–water partition coefficient (Wildman–Crippen LogP) is 5.65. The van der Waals surface area contributed by atoms with Gasteiger partial charge in [-0.15, -0.1) is 10.2 Å². The van der Waals surface area contributed by atoms with Crippen molar-refractivity contribution in [2.45, 2.75) is 31.7 Å². The third-order valence-electron chi connectivity index (χ3n) is 7.37. The second-order valence-electron chi connectivity index (χ2n) is 9.74. The smallest absolute Gasteiger partial charge is 0.188 e. The molecule has 7 heteroatoms. The molecule has 0 aliphatic heterocycles. The fourth-order valence-electron chi connectivity index (χ4n) is 5.17. The minimum absolute atomic E-state index is 0.179. The average Bonchev–Trinajstić information content (AvgIpc) is 3.53. The molecule has 2 aromatic carbocycles. The Labute approximate surface area is 208 Å². The molecule has 0 atom stereocenters. The summed E-state index contributed by atoms with van der Waals surface area (Å²) in [5, 5.41) is 17.3. The van der Waals surface area contributed by atoms with Gasteiger partial charge in [0.15, 0.2) is 11.5 Å². The van der Waals surface area contributed by atoms with E-state index in [4.69, 9.17) is 10.7 Å². The molecule has 4 aromatic heterocycles. The fourth-order valence-corrected chi connectivity index (χ4v) is 5.17. The van der Waals surface area contributed by atoms with Gasteiger partial charge in [0, 0.05) is 33.9 Å². The van der Waals surface area contributed by atoms with E-state index in [1.54, 1.807) is 0 Å². The number of nitrogens with zero attached hydrogens (tertiary/aromatic N) is 5. The molecule has 0 spiro atoms. The van der Waals surface area contributed by atoms with Gasteiger partial charge in [0.2, 0.25) is 0 Å². The molecule has 1 aliphatic carbocycles. The van der Waals surface area contributed by atoms with Crippen LogP contribution in [-0.4, -0.2) is 29.8 Å². The van der Waals surface area contributed by atoms with Crippen molar-refractivity contribution in [1.29, 1.82) is 0 Å². The molecule has 3 N–H and O–H groups in total. The van der Waals surface area contributed by atoms with E-state index in [0.29, 0.717) is 5.82 Å². The van der Waals surface area contributed by atoms with E-state index >= 15 is 0 Å². The third kappa shape index (κ3) is 3.24. The number of pyridine rings is 2. The van der Waals surface area contributed by atoms with Gasteiger partial charge >= 0.3 is 0 Å². The first-order valence-electron chi connectivity index (χ1n) is 12.3. The molecule has 0 unspecified atom stereocenters. The lowest BCUT2D eigenvalue weighted by molar-refractivity contribution is 0.253. The Kier molecular flexibility index (Phi) is 4.56. The highest BCUT2D eigenvalue weighted by Crippen LogP contribution is 2.40. The molecular formula is C29H25N7. The van der Waals surface area contributed by atoms with Crippen LogP contribution in [0.4, 0.5) is 0 Å². The topological polar surface area (TPSA) is 97.8 Å². The van der Waals surface area contributed by atoms with E-state index < -0.39 is 0 Å². The van der Waals surface area contributed by atoms with E-state index in [2.05, 4.69) is 75.0 Å². The molecule has 0 radical (unpaired) electrons. The summed E-state index contributed by atoms with van der Waals surface area (Å²) in [5.41, 5.74) is 15.1. The SMILES string of the molecule is Cc1cc(-c2nnc3c4cc(-c5ccccc5)c(-c5ccc(C6(N)CCC6)cc5)nc4ccn23)n[nH]1. The largest absolute Gasteiger partial charge is 0.321 e. The van der Waals surface area contributed by atoms with Crippen molar-refractivity contribution in [3.63, 3.8) is 0 Å². The van der Waals surface area contributed by atoms with Gasteiger partial charge in [-0.3, -0.25) is 9.50 Å². The van der Waals surface area contributed by atoms with Crippen LogP contribution in [0.25, 0.3) is 50.5 Å². The molecule has 4 heterocycles. The molecule has 0 bridgehead atoms. The molecule has 7 rings (SSSR count). The highest BCUT2D eigenvalue weighted by molar-refractivity contribution is 5.98. The quantitative estimate of drug-likeness (QED) is 0.346. The summed E-state index contributed by atoms with van der Waals surface area (Å²) in [6, 6.07) is 25.2. The number of fused-ring (bicyclic) bond motifs is 3. The number of H-pyrrole nitrogens is 1. The number of aryl methyl sites for hydroxylation is 1. The summed E-state index contributed by atoms with van der Waals surface area (Å²) in [7, 11) is 0. The van der Waals surface area contributed by atoms with E-state index in [1.165, 1.54) is 12.0 Å². The highest BCUT2D eigenvalue weighted by atomic mass is 15.3. The number of hydrogen-bond donors (Lipinski definition) is 2. The lowest BCUT2D eigenvalue weighted by Gasteiger charge is -2.38. The van der Waals surface area contributed by atoms with Crippen molar-refractivity contribution in [3.05, 3.63) is 90.3 Å². The molecule has 1 fully saturated rings. The zero-order valence-electron chi connectivity index (χ0n) is 19.9. The molecule has 7 nitrogen and oxygen atoms in total. The van der Waals surface area contributed by atoms with Gasteiger partial charge < -0.3 is 5.73 Å². The number of benzene rings is 2. The fraction of sp³-hybridized carbons (Fsp3) is 0.172. The molecule has 1 saturated carbocycles. The van der Waals surface area contributed by atoms with Crippen LogP contribution in [0, 0.1) is 6.92 Å². The van der Waals surface area contributed by atoms with Crippen molar-refractivity contribution in [2.24, 2.45) is 5.73 Å². The number of nitrogens with one attached hydrogen (secondary N) is 1. The van der Waals surface area contributed by atoms with Crippen LogP contribution in [0.1, 0.15) is 30.5 Å². The molecule has 6 aromatic rings. The molecule has 0 saturated heterocycles. The zero-order valence-corrected chi connectivity index (χ0v) is 19.9. The average molecular weight is 472 g/mol. The summed E-state index contributed by atoms with van der Waals surface area (Å²) >= 11 is 0. The van der Waals surface area contributed by atoms with Crippen LogP contribution in [0.3, 0.4) is 0 Å². The van der Waals surface area contributed by atoms with E-state index in [9.17, 15) is 0 Å². The molecule has 1 aliphatic rings. The second-order valence-corrected chi connectivity index (χ2v) is 9.74. The normalized spacial score (nSPS) is 14.8. The lowest BCUT2D eigenvalue weighted by Crippen LogP contribution is -2.43. The minimum atomic E-state index is -0.179. The van der Waals surface area contributed by atoms with E-state index in [0.717, 1.165) is 63.2 Å². The first-order valence-corrected chi connectivity index (χ1v) is 12.3. The maximum Gasteiger partial charge on any atom is 0.188 e. The van der Waals surface area contributed by atoms with Crippen molar-refractivity contribution in [3.8, 4) is 33.9 Å². The third-order valence-corrected chi connectivity index (χ3v) is 7.37. The van der Waals surface area contributed by atoms with Crippen LogP contribution in [0.15, 0.2) is 79.0 Å². The monoisotopic (exact) mass is 471 g/mol. The first-order chi connectivity index (χ1) is 17.6. The predicted molar refractivity (Wildman–Crippen MR) is 141 cm³/mol. The van der Waals surface area contributed by atoms with Gasteiger partial charge in [-0.2, -0.15) is 5.10 Å². The molecule has 176 valence electrons. The van der Waals surface area contributed by atoms with Crippen LogP contribution >= 0.6 is 0 Å². The van der Waals surface area contributed by atoms with E-state index in [1.807, 2.05) is 35.7 Å². The Balaban J connectivity index is 1.42. The van der Waals surface area contributed by atoms with Crippen molar-refractivity contribution in [1.82, 2.24) is 29.8 Å². The minimum Gasteiger partial charge on any atom is -0.321 e. The number of aromatic nitrogens is 6. The first kappa shape index (κ1) is 21.0. The van der Waals surface area contributed by atoms with E-state index in [-0.39, 0.29) is 5.54 Å². The Morgan fingerprint density at radius 2 is 1.72 bits per heavy atom. The Bertz CT molecular complexity index is 1730. The van der Waals surface area contributed by atoms with Crippen LogP contribution < -0.4 is 5.73 Å². The summed E-state index contributed by atoms with van der Waals surface area (Å²) in [5.74, 6) is 0.698. The summed E-state index contributed by atoms with van der Waals surface area (Å²) in [4.78, 5) is 5.15. The van der Waals surface area contributed by atoms with Gasteiger partial charge in [-0.1, -0.05) is 54.6 Å². The molecule has 36 heavy (non-hydrogen) atoms. The van der Waals surface area contributed by atoms with Crippen LogP contribution in [0.2, 0.25) is 0 Å². The summed E-state index contributed by atoms with van der Waals surface area (Å²) in [6.45, 7) is 1.97. The van der Waals surface area contributed by atoms with Crippen molar-refractivity contribution >= 4 is 16.6 Å². The number of nitrogens with two attached hydrogens (primary N) is 1. The van der Waals surface area contributed by atoms with Gasteiger partial charge in [-0.05, 0) is 55.5 Å². The molecule has 0 amide bonds. The number of hydrogen-bond acceptors (Lipinski definition) is 5.